The maximum Gasteiger partial charge on any atom is 0.277 e. The Kier molecular flexibility index (Phi) is 3.09. The molecule has 1 saturated carbocycles. The maximum atomic E-state index is 6.23. The number of benzene rings is 1. The standard InChI is InChI=1S/C16H16N4OS/c1-10-5-2-3-6-11(10)14-18-12(9-22-14)13-19-15(20-21-13)16(17)7-4-8-16/h2-3,5-6,9H,4,7-8,17H2,1H3. The largest absolute Gasteiger partial charge is 0.332 e. The van der Waals surface area contributed by atoms with E-state index in [-0.39, 0.29) is 0 Å². The summed E-state index contributed by atoms with van der Waals surface area (Å²) in [5.74, 6) is 1.04. The van der Waals surface area contributed by atoms with E-state index >= 15 is 0 Å². The second kappa shape index (κ2) is 5.00. The predicted octanol–water partition coefficient (Wildman–Crippen LogP) is 3.51. The van der Waals surface area contributed by atoms with Crippen LogP contribution in [0.25, 0.3) is 22.2 Å². The number of rotatable bonds is 3. The van der Waals surface area contributed by atoms with E-state index in [0.717, 1.165) is 29.8 Å². The fraction of sp³-hybridized carbons (Fsp3) is 0.312. The first-order valence-electron chi connectivity index (χ1n) is 7.31. The molecule has 1 aromatic carbocycles. The van der Waals surface area contributed by atoms with E-state index in [1.165, 1.54) is 5.56 Å². The van der Waals surface area contributed by atoms with Crippen molar-refractivity contribution in [2.75, 3.05) is 0 Å². The van der Waals surface area contributed by atoms with Crippen LogP contribution < -0.4 is 5.73 Å². The van der Waals surface area contributed by atoms with E-state index in [4.69, 9.17) is 10.3 Å². The molecule has 0 unspecified atom stereocenters. The Hall–Kier alpha value is -2.05. The minimum Gasteiger partial charge on any atom is -0.332 e. The van der Waals surface area contributed by atoms with Gasteiger partial charge in [-0.05, 0) is 31.7 Å². The lowest BCUT2D eigenvalue weighted by Crippen LogP contribution is -2.44. The van der Waals surface area contributed by atoms with Gasteiger partial charge in [0.05, 0.1) is 5.54 Å². The summed E-state index contributed by atoms with van der Waals surface area (Å²) in [5.41, 5.74) is 8.87. The van der Waals surface area contributed by atoms with Crippen molar-refractivity contribution in [3.63, 3.8) is 0 Å². The summed E-state index contributed by atoms with van der Waals surface area (Å²) in [4.78, 5) is 9.08. The molecule has 22 heavy (non-hydrogen) atoms. The fourth-order valence-corrected chi connectivity index (χ4v) is 3.50. The average Bonchev–Trinajstić information content (AvgIpc) is 3.14. The van der Waals surface area contributed by atoms with E-state index in [0.29, 0.717) is 17.4 Å². The molecule has 0 amide bonds. The van der Waals surface area contributed by atoms with E-state index < -0.39 is 5.54 Å². The van der Waals surface area contributed by atoms with Crippen molar-refractivity contribution in [1.82, 2.24) is 15.1 Å². The second-order valence-corrected chi connectivity index (χ2v) is 6.64. The third kappa shape index (κ3) is 2.15. The Morgan fingerprint density at radius 1 is 1.23 bits per heavy atom. The first-order valence-corrected chi connectivity index (χ1v) is 8.19. The van der Waals surface area contributed by atoms with Crippen LogP contribution in [-0.4, -0.2) is 15.1 Å². The lowest BCUT2D eigenvalue weighted by molar-refractivity contribution is 0.229. The van der Waals surface area contributed by atoms with Crippen LogP contribution >= 0.6 is 11.3 Å². The smallest absolute Gasteiger partial charge is 0.277 e. The molecule has 0 spiro atoms. The molecule has 2 heterocycles. The van der Waals surface area contributed by atoms with Gasteiger partial charge in [0.25, 0.3) is 5.89 Å². The van der Waals surface area contributed by atoms with Gasteiger partial charge >= 0.3 is 0 Å². The number of nitrogens with two attached hydrogens (primary N) is 1. The molecule has 112 valence electrons. The van der Waals surface area contributed by atoms with Crippen LogP contribution in [0.2, 0.25) is 0 Å². The zero-order valence-corrected chi connectivity index (χ0v) is 13.1. The van der Waals surface area contributed by atoms with Gasteiger partial charge in [-0.15, -0.1) is 11.3 Å². The van der Waals surface area contributed by atoms with Gasteiger partial charge in [0.2, 0.25) is 0 Å². The summed E-state index contributed by atoms with van der Waals surface area (Å²) in [5, 5.41) is 6.94. The van der Waals surface area contributed by atoms with Crippen LogP contribution in [-0.2, 0) is 5.54 Å². The summed E-state index contributed by atoms with van der Waals surface area (Å²) in [7, 11) is 0. The van der Waals surface area contributed by atoms with Crippen molar-refractivity contribution in [1.29, 1.82) is 0 Å². The monoisotopic (exact) mass is 312 g/mol. The third-order valence-electron chi connectivity index (χ3n) is 4.22. The molecule has 5 nitrogen and oxygen atoms in total. The molecule has 2 N–H and O–H groups in total. The maximum absolute atomic E-state index is 6.23. The number of nitrogens with zero attached hydrogens (tertiary/aromatic N) is 3. The summed E-state index contributed by atoms with van der Waals surface area (Å²) in [6.45, 7) is 2.08. The SMILES string of the molecule is Cc1ccccc1-c1nc(-c2nc(C3(N)CCC3)no2)cs1. The van der Waals surface area contributed by atoms with Gasteiger partial charge in [-0.1, -0.05) is 29.4 Å². The summed E-state index contributed by atoms with van der Waals surface area (Å²) in [6.07, 6.45) is 2.95. The van der Waals surface area contributed by atoms with E-state index in [1.807, 2.05) is 17.5 Å². The lowest BCUT2D eigenvalue weighted by atomic mass is 9.77. The zero-order chi connectivity index (χ0) is 15.2. The third-order valence-corrected chi connectivity index (χ3v) is 5.09. The highest BCUT2D eigenvalue weighted by Crippen LogP contribution is 2.38. The van der Waals surface area contributed by atoms with Crippen molar-refractivity contribution >= 4 is 11.3 Å². The highest BCUT2D eigenvalue weighted by molar-refractivity contribution is 7.13. The molecule has 4 rings (SSSR count). The van der Waals surface area contributed by atoms with Crippen molar-refractivity contribution < 1.29 is 4.52 Å². The molecule has 2 aromatic heterocycles. The average molecular weight is 312 g/mol. The van der Waals surface area contributed by atoms with Crippen LogP contribution in [0, 0.1) is 6.92 Å². The van der Waals surface area contributed by atoms with Crippen LogP contribution in [0.5, 0.6) is 0 Å². The number of hydrogen-bond donors (Lipinski definition) is 1. The topological polar surface area (TPSA) is 77.8 Å². The van der Waals surface area contributed by atoms with Gasteiger partial charge in [0.1, 0.15) is 10.7 Å². The van der Waals surface area contributed by atoms with Gasteiger partial charge in [-0.3, -0.25) is 0 Å². The molecule has 0 saturated heterocycles. The lowest BCUT2D eigenvalue weighted by Gasteiger charge is -2.34. The minimum absolute atomic E-state index is 0.406. The Morgan fingerprint density at radius 2 is 2.05 bits per heavy atom. The number of hydrogen-bond acceptors (Lipinski definition) is 6. The Balaban J connectivity index is 1.66. The Bertz CT molecular complexity index is 819. The van der Waals surface area contributed by atoms with Gasteiger partial charge in [0, 0.05) is 10.9 Å². The number of thiazole rings is 1. The Morgan fingerprint density at radius 3 is 2.77 bits per heavy atom. The number of aromatic nitrogens is 3. The normalized spacial score (nSPS) is 16.5. The van der Waals surface area contributed by atoms with Crippen LogP contribution in [0.3, 0.4) is 0 Å². The molecule has 0 atom stereocenters. The van der Waals surface area contributed by atoms with Crippen molar-refractivity contribution in [3.8, 4) is 22.2 Å². The Labute approximate surface area is 132 Å². The van der Waals surface area contributed by atoms with Gasteiger partial charge < -0.3 is 10.3 Å². The van der Waals surface area contributed by atoms with Crippen molar-refractivity contribution in [2.45, 2.75) is 31.7 Å². The molecular formula is C16H16N4OS. The highest BCUT2D eigenvalue weighted by atomic mass is 32.1. The second-order valence-electron chi connectivity index (χ2n) is 5.79. The van der Waals surface area contributed by atoms with E-state index in [9.17, 15) is 0 Å². The minimum atomic E-state index is -0.406. The molecule has 1 aliphatic rings. The van der Waals surface area contributed by atoms with E-state index in [1.54, 1.807) is 11.3 Å². The molecule has 3 aromatic rings. The summed E-state index contributed by atoms with van der Waals surface area (Å²) >= 11 is 1.58. The molecule has 1 fully saturated rings. The van der Waals surface area contributed by atoms with Crippen molar-refractivity contribution in [2.24, 2.45) is 5.73 Å². The first-order chi connectivity index (χ1) is 10.7. The predicted molar refractivity (Wildman–Crippen MR) is 85.3 cm³/mol. The number of aryl methyl sites for hydroxylation is 1. The first kappa shape index (κ1) is 13.6. The quantitative estimate of drug-likeness (QED) is 0.800. The van der Waals surface area contributed by atoms with Gasteiger partial charge in [-0.2, -0.15) is 4.98 Å². The van der Waals surface area contributed by atoms with E-state index in [2.05, 4.69) is 34.2 Å². The molecule has 6 heteroatoms. The highest BCUT2D eigenvalue weighted by Gasteiger charge is 2.39. The zero-order valence-electron chi connectivity index (χ0n) is 12.2. The summed E-state index contributed by atoms with van der Waals surface area (Å²) < 4.78 is 5.36. The molecule has 0 radical (unpaired) electrons. The molecule has 0 bridgehead atoms. The molecule has 0 aliphatic heterocycles. The van der Waals surface area contributed by atoms with Crippen LogP contribution in [0.4, 0.5) is 0 Å². The van der Waals surface area contributed by atoms with Gasteiger partial charge in [0.15, 0.2) is 5.82 Å². The molecule has 1 aliphatic carbocycles. The fourth-order valence-electron chi connectivity index (χ4n) is 2.62. The van der Waals surface area contributed by atoms with Gasteiger partial charge in [-0.25, -0.2) is 4.98 Å². The van der Waals surface area contributed by atoms with Crippen molar-refractivity contribution in [3.05, 3.63) is 41.0 Å². The molecular weight excluding hydrogens is 296 g/mol. The summed E-state index contributed by atoms with van der Waals surface area (Å²) in [6, 6.07) is 8.19. The van der Waals surface area contributed by atoms with Crippen LogP contribution in [0.1, 0.15) is 30.7 Å². The van der Waals surface area contributed by atoms with Crippen LogP contribution in [0.15, 0.2) is 34.2 Å².